The molecule has 86 valence electrons. The van der Waals surface area contributed by atoms with Gasteiger partial charge in [-0.15, -0.1) is 0 Å². The van der Waals surface area contributed by atoms with E-state index in [2.05, 4.69) is 15.8 Å². The van der Waals surface area contributed by atoms with Crippen molar-refractivity contribution in [2.45, 2.75) is 12.8 Å². The molecule has 1 heterocycles. The number of halogens is 1. The zero-order valence-corrected chi connectivity index (χ0v) is 10.7. The molecule has 1 rings (SSSR count). The van der Waals surface area contributed by atoms with Crippen LogP contribution in [0.3, 0.4) is 0 Å². The lowest BCUT2D eigenvalue weighted by molar-refractivity contribution is 0.681. The standard InChI is InChI=1S/C11H13ClN2OS/c1-4-14-16(3,15)8-9(2)10-5-6-11(12)13-7-10/h1,5-9H,2-3H3,(H,14,15). The molecular weight excluding hydrogens is 244 g/mol. The third-order valence-electron chi connectivity index (χ3n) is 2.00. The molecule has 0 bridgehead atoms. The lowest BCUT2D eigenvalue weighted by atomic mass is 10.1. The zero-order valence-electron chi connectivity index (χ0n) is 9.11. The number of nitrogens with zero attached hydrogens (tertiary/aromatic N) is 1. The van der Waals surface area contributed by atoms with Gasteiger partial charge in [0.25, 0.3) is 0 Å². The van der Waals surface area contributed by atoms with Gasteiger partial charge in [0.2, 0.25) is 0 Å². The van der Waals surface area contributed by atoms with E-state index in [1.807, 2.05) is 13.0 Å². The fourth-order valence-corrected chi connectivity index (χ4v) is 2.63. The molecule has 0 amide bonds. The van der Waals surface area contributed by atoms with Crippen molar-refractivity contribution in [1.82, 2.24) is 9.71 Å². The highest BCUT2D eigenvalue weighted by Crippen LogP contribution is 2.14. The van der Waals surface area contributed by atoms with Crippen LogP contribution in [0.4, 0.5) is 0 Å². The second-order valence-electron chi connectivity index (χ2n) is 3.49. The molecule has 1 N–H and O–H groups in total. The molecule has 3 nitrogen and oxygen atoms in total. The Balaban J connectivity index is 2.96. The lowest BCUT2D eigenvalue weighted by Gasteiger charge is -2.09. The number of rotatable bonds is 3. The van der Waals surface area contributed by atoms with E-state index in [-0.39, 0.29) is 5.92 Å². The summed E-state index contributed by atoms with van der Waals surface area (Å²) in [6.07, 6.45) is 8.28. The Morgan fingerprint density at radius 3 is 2.88 bits per heavy atom. The van der Waals surface area contributed by atoms with Gasteiger partial charge < -0.3 is 0 Å². The highest BCUT2D eigenvalue weighted by Gasteiger charge is 2.06. The van der Waals surface area contributed by atoms with Crippen LogP contribution in [0.2, 0.25) is 5.15 Å². The van der Waals surface area contributed by atoms with Crippen LogP contribution in [-0.4, -0.2) is 20.8 Å². The highest BCUT2D eigenvalue weighted by molar-refractivity contribution is 7.99. The van der Waals surface area contributed by atoms with E-state index in [4.69, 9.17) is 18.0 Å². The van der Waals surface area contributed by atoms with Crippen LogP contribution in [0.15, 0.2) is 18.3 Å². The molecule has 16 heavy (non-hydrogen) atoms. The number of aromatic nitrogens is 1. The average Bonchev–Trinajstić information content (AvgIpc) is 2.17. The summed E-state index contributed by atoms with van der Waals surface area (Å²) in [6.45, 7) is 1.92. The Bertz CT molecular complexity index is 510. The Kier molecular flexibility index (Phi) is 4.22. The minimum absolute atomic E-state index is 0.0110. The van der Waals surface area contributed by atoms with Crippen LogP contribution in [0.1, 0.15) is 18.4 Å². The van der Waals surface area contributed by atoms with E-state index in [1.165, 1.54) is 0 Å². The number of pyridine rings is 1. The quantitative estimate of drug-likeness (QED) is 0.387. The maximum Gasteiger partial charge on any atom is 0.129 e. The fraction of sp³-hybridized carbons (Fsp3) is 0.273. The summed E-state index contributed by atoms with van der Waals surface area (Å²) in [6, 6.07) is 5.73. The number of hydrogen-bond acceptors (Lipinski definition) is 2. The molecule has 0 saturated carbocycles. The van der Waals surface area contributed by atoms with Gasteiger partial charge in [-0.3, -0.25) is 4.72 Å². The molecule has 2 atom stereocenters. The van der Waals surface area contributed by atoms with E-state index >= 15 is 0 Å². The van der Waals surface area contributed by atoms with E-state index in [1.54, 1.807) is 23.9 Å². The van der Waals surface area contributed by atoms with Gasteiger partial charge in [-0.25, -0.2) is 9.19 Å². The van der Waals surface area contributed by atoms with Crippen LogP contribution in [0.25, 0.3) is 0 Å². The predicted molar refractivity (Wildman–Crippen MR) is 69.8 cm³/mol. The zero-order chi connectivity index (χ0) is 12.2. The van der Waals surface area contributed by atoms with Crippen molar-refractivity contribution in [2.75, 3.05) is 6.26 Å². The molecule has 0 radical (unpaired) electrons. The van der Waals surface area contributed by atoms with Crippen molar-refractivity contribution in [3.8, 4) is 12.5 Å². The van der Waals surface area contributed by atoms with Gasteiger partial charge in [-0.2, -0.15) is 0 Å². The number of hydrogen-bond donors (Lipinski definition) is 1. The molecule has 1 aromatic heterocycles. The van der Waals surface area contributed by atoms with Crippen LogP contribution in [-0.2, 0) is 9.71 Å². The van der Waals surface area contributed by atoms with Gasteiger partial charge in [0, 0.05) is 24.4 Å². The highest BCUT2D eigenvalue weighted by atomic mass is 35.5. The van der Waals surface area contributed by atoms with Crippen molar-refractivity contribution in [3.63, 3.8) is 0 Å². The first-order chi connectivity index (χ1) is 7.44. The van der Waals surface area contributed by atoms with Gasteiger partial charge in [0.1, 0.15) is 5.15 Å². The monoisotopic (exact) mass is 256 g/mol. The molecule has 0 spiro atoms. The molecule has 5 heteroatoms. The van der Waals surface area contributed by atoms with Gasteiger partial charge in [0.15, 0.2) is 0 Å². The maximum atomic E-state index is 11.9. The number of nitrogens with one attached hydrogen (secondary N) is 1. The van der Waals surface area contributed by atoms with Crippen LogP contribution in [0.5, 0.6) is 0 Å². The molecule has 2 unspecified atom stereocenters. The van der Waals surface area contributed by atoms with Gasteiger partial charge in [-0.1, -0.05) is 31.0 Å². The Morgan fingerprint density at radius 2 is 2.38 bits per heavy atom. The normalized spacial score (nSPS) is 15.6. The van der Waals surface area contributed by atoms with Crippen molar-refractivity contribution < 1.29 is 4.21 Å². The predicted octanol–water partition coefficient (Wildman–Crippen LogP) is 1.65. The first-order valence-electron chi connectivity index (χ1n) is 4.62. The summed E-state index contributed by atoms with van der Waals surface area (Å²) < 4.78 is 14.4. The van der Waals surface area contributed by atoms with Crippen molar-refractivity contribution in [2.24, 2.45) is 0 Å². The smallest absolute Gasteiger partial charge is 0.129 e. The third kappa shape index (κ3) is 3.76. The van der Waals surface area contributed by atoms with Crippen molar-refractivity contribution in [3.05, 3.63) is 29.0 Å². The Morgan fingerprint density at radius 1 is 1.69 bits per heavy atom. The van der Waals surface area contributed by atoms with Gasteiger partial charge in [0.05, 0.1) is 9.71 Å². The summed E-state index contributed by atoms with van der Waals surface area (Å²) in [7, 11) is -2.31. The van der Waals surface area contributed by atoms with Crippen LogP contribution in [0, 0.1) is 12.5 Å². The minimum Gasteiger partial charge on any atom is -0.272 e. The summed E-state index contributed by atoms with van der Waals surface area (Å²) in [5, 5.41) is 2.12. The van der Waals surface area contributed by atoms with E-state index in [0.29, 0.717) is 5.15 Å². The fourth-order valence-electron chi connectivity index (χ4n) is 1.28. The molecule has 0 aliphatic carbocycles. The van der Waals surface area contributed by atoms with Crippen molar-refractivity contribution >= 4 is 26.7 Å². The van der Waals surface area contributed by atoms with Gasteiger partial charge >= 0.3 is 0 Å². The Hall–Kier alpha value is -1.18. The molecule has 0 aliphatic heterocycles. The summed E-state index contributed by atoms with van der Waals surface area (Å²) in [5.41, 5.74) is 0.942. The first-order valence-corrected chi connectivity index (χ1v) is 7.03. The molecule has 0 saturated heterocycles. The molecule has 0 fully saturated rings. The molecule has 0 aromatic carbocycles. The van der Waals surface area contributed by atoms with E-state index in [9.17, 15) is 4.21 Å². The SMILES string of the molecule is C#CNS(C)(=O)=CC(C)c1ccc(Cl)nc1. The third-order valence-corrected chi connectivity index (χ3v) is 3.68. The number of terminal acetylenes is 1. The van der Waals surface area contributed by atoms with E-state index < -0.39 is 9.71 Å². The molecule has 0 aliphatic rings. The van der Waals surface area contributed by atoms with Crippen LogP contribution >= 0.6 is 11.6 Å². The summed E-state index contributed by atoms with van der Waals surface area (Å²) >= 11 is 5.68. The lowest BCUT2D eigenvalue weighted by Crippen LogP contribution is -2.20. The second kappa shape index (κ2) is 5.24. The largest absolute Gasteiger partial charge is 0.272 e. The first kappa shape index (κ1) is 12.9. The van der Waals surface area contributed by atoms with E-state index in [0.717, 1.165) is 5.56 Å². The van der Waals surface area contributed by atoms with Gasteiger partial charge in [-0.05, 0) is 17.0 Å². The molecule has 1 aromatic rings. The summed E-state index contributed by atoms with van der Waals surface area (Å²) in [4.78, 5) is 3.97. The minimum atomic E-state index is -2.31. The average molecular weight is 257 g/mol. The summed E-state index contributed by atoms with van der Waals surface area (Å²) in [5.74, 6) is -0.0110. The van der Waals surface area contributed by atoms with Crippen molar-refractivity contribution in [1.29, 1.82) is 0 Å². The van der Waals surface area contributed by atoms with Crippen LogP contribution < -0.4 is 4.72 Å². The second-order valence-corrected chi connectivity index (χ2v) is 6.16. The Labute approximate surface area is 101 Å². The topological polar surface area (TPSA) is 42.0 Å². The molecular formula is C11H13ClN2OS. The maximum absolute atomic E-state index is 11.9.